The van der Waals surface area contributed by atoms with E-state index < -0.39 is 6.04 Å². The van der Waals surface area contributed by atoms with Gasteiger partial charge in [0.1, 0.15) is 17.7 Å². The highest BCUT2D eigenvalue weighted by molar-refractivity contribution is 5.91. The number of hydrogen-bond acceptors (Lipinski definition) is 7. The first kappa shape index (κ1) is 18.9. The molecule has 2 atom stereocenters. The quantitative estimate of drug-likeness (QED) is 0.671. The summed E-state index contributed by atoms with van der Waals surface area (Å²) in [5.74, 6) is 1.62. The molecule has 164 valence electrons. The molecule has 3 aliphatic heterocycles. The molecule has 10 nitrogen and oxygen atoms in total. The predicted octanol–water partition coefficient (Wildman–Crippen LogP) is 1.63. The van der Waals surface area contributed by atoms with Gasteiger partial charge in [0.2, 0.25) is 5.91 Å². The minimum absolute atomic E-state index is 0.0253. The first-order valence-corrected chi connectivity index (χ1v) is 10.9. The van der Waals surface area contributed by atoms with Crippen molar-refractivity contribution in [3.05, 3.63) is 54.6 Å². The van der Waals surface area contributed by atoms with Crippen LogP contribution in [0, 0.1) is 0 Å². The number of pyridine rings is 1. The highest BCUT2D eigenvalue weighted by Gasteiger charge is 2.43. The maximum Gasteiger partial charge on any atom is 0.328 e. The third-order valence-corrected chi connectivity index (χ3v) is 6.23. The molecule has 10 heteroatoms. The van der Waals surface area contributed by atoms with Gasteiger partial charge >= 0.3 is 6.03 Å². The van der Waals surface area contributed by atoms with Gasteiger partial charge in [-0.2, -0.15) is 0 Å². The Hall–Kier alpha value is -3.82. The molecule has 0 spiro atoms. The van der Waals surface area contributed by atoms with Crippen LogP contribution in [0.25, 0.3) is 11.3 Å². The van der Waals surface area contributed by atoms with Gasteiger partial charge in [-0.15, -0.1) is 0 Å². The van der Waals surface area contributed by atoms with Crippen LogP contribution < -0.4 is 16.0 Å². The summed E-state index contributed by atoms with van der Waals surface area (Å²) in [7, 11) is 0. The molecule has 4 aliphatic rings. The molecule has 2 aromatic heterocycles. The second-order valence-electron chi connectivity index (χ2n) is 8.48. The van der Waals surface area contributed by atoms with Crippen molar-refractivity contribution >= 4 is 17.8 Å². The van der Waals surface area contributed by atoms with Gasteiger partial charge in [0.15, 0.2) is 12.2 Å². The molecular weight excluding hydrogens is 410 g/mol. The van der Waals surface area contributed by atoms with Crippen LogP contribution >= 0.6 is 0 Å². The fourth-order valence-corrected chi connectivity index (χ4v) is 4.46. The number of urea groups is 1. The van der Waals surface area contributed by atoms with Gasteiger partial charge in [0.25, 0.3) is 0 Å². The molecule has 2 fully saturated rings. The van der Waals surface area contributed by atoms with E-state index in [2.05, 4.69) is 30.8 Å². The van der Waals surface area contributed by atoms with Crippen LogP contribution in [0.3, 0.4) is 0 Å². The van der Waals surface area contributed by atoms with Crippen molar-refractivity contribution in [3.8, 4) is 11.3 Å². The summed E-state index contributed by atoms with van der Waals surface area (Å²) in [6.45, 7) is 1.64. The fraction of sp³-hybridized carbons (Fsp3) is 0.364. The van der Waals surface area contributed by atoms with Crippen LogP contribution in [0.4, 0.5) is 10.6 Å². The summed E-state index contributed by atoms with van der Waals surface area (Å²) < 4.78 is 5.34. The van der Waals surface area contributed by atoms with Gasteiger partial charge in [-0.05, 0) is 37.5 Å². The highest BCUT2D eigenvalue weighted by atomic mass is 16.3. The molecule has 3 N–H and O–H groups in total. The molecule has 5 heterocycles. The van der Waals surface area contributed by atoms with E-state index in [1.54, 1.807) is 29.4 Å². The molecule has 2 bridgehead atoms. The number of oxazole rings is 1. The van der Waals surface area contributed by atoms with Gasteiger partial charge in [-0.25, -0.2) is 14.8 Å². The Balaban J connectivity index is 1.24. The van der Waals surface area contributed by atoms with E-state index in [0.29, 0.717) is 17.4 Å². The summed E-state index contributed by atoms with van der Waals surface area (Å²) in [5, 5.41) is 9.24. The van der Waals surface area contributed by atoms with Crippen molar-refractivity contribution < 1.29 is 14.0 Å². The van der Waals surface area contributed by atoms with Crippen molar-refractivity contribution in [2.45, 2.75) is 37.4 Å². The van der Waals surface area contributed by atoms with Crippen LogP contribution in [-0.2, 0) is 4.79 Å². The number of nitrogens with one attached hydrogen (secondary N) is 3. The van der Waals surface area contributed by atoms with E-state index in [1.165, 1.54) is 6.39 Å². The van der Waals surface area contributed by atoms with Crippen molar-refractivity contribution in [1.82, 2.24) is 30.4 Å². The number of aromatic nitrogens is 2. The number of rotatable bonds is 4. The van der Waals surface area contributed by atoms with Crippen molar-refractivity contribution in [3.63, 3.8) is 0 Å². The summed E-state index contributed by atoms with van der Waals surface area (Å²) in [6.07, 6.45) is 11.3. The lowest BCUT2D eigenvalue weighted by Gasteiger charge is -2.40. The smallest absolute Gasteiger partial charge is 0.328 e. The molecule has 32 heavy (non-hydrogen) atoms. The van der Waals surface area contributed by atoms with E-state index in [9.17, 15) is 9.59 Å². The van der Waals surface area contributed by atoms with E-state index in [4.69, 9.17) is 4.42 Å². The zero-order valence-corrected chi connectivity index (χ0v) is 17.3. The number of carbonyl (C=O) groups is 2. The average Bonchev–Trinajstić information content (AvgIpc) is 3.27. The van der Waals surface area contributed by atoms with Crippen molar-refractivity contribution in [2.24, 2.45) is 0 Å². The number of dihydropyridines is 1. The van der Waals surface area contributed by atoms with Gasteiger partial charge in [0.05, 0.1) is 17.9 Å². The van der Waals surface area contributed by atoms with Crippen LogP contribution in [-0.4, -0.2) is 62.9 Å². The molecule has 3 amide bonds. The molecule has 6 rings (SSSR count). The SMILES string of the molecule is O=C(NC1CC1)C1C=CC2=C(N1)N(C(=O)Nc1cc(-c3cnco3)ccn1)[C@H]1CCN2C1. The van der Waals surface area contributed by atoms with Crippen LogP contribution in [0.15, 0.2) is 59.0 Å². The number of amides is 3. The van der Waals surface area contributed by atoms with Crippen molar-refractivity contribution in [1.29, 1.82) is 0 Å². The number of hydrogen-bond donors (Lipinski definition) is 3. The van der Waals surface area contributed by atoms with Crippen LogP contribution in [0.1, 0.15) is 19.3 Å². The standard InChI is InChI=1S/C22H23N7O3/c30-21(25-14-1-2-14)16-3-4-17-20(26-16)29(15-6-8-28(17)11-15)22(31)27-19-9-13(5-7-24-19)18-10-23-12-32-18/h3-5,7,9-10,12,14-16,26H,1-2,6,8,11H2,(H,25,30)(H,24,27,31)/t15-,16?/m0/s1. The first-order valence-electron chi connectivity index (χ1n) is 10.9. The Kier molecular flexibility index (Phi) is 4.37. The number of carbonyl (C=O) groups excluding carboxylic acids is 2. The fourth-order valence-electron chi connectivity index (χ4n) is 4.46. The minimum Gasteiger partial charge on any atom is -0.444 e. The molecule has 1 saturated carbocycles. The highest BCUT2D eigenvalue weighted by Crippen LogP contribution is 2.34. The minimum atomic E-state index is -0.503. The van der Waals surface area contributed by atoms with Gasteiger partial charge < -0.3 is 20.0 Å². The maximum atomic E-state index is 13.4. The van der Waals surface area contributed by atoms with E-state index in [-0.39, 0.29) is 24.0 Å². The number of fused-ring (bicyclic) bond motifs is 3. The lowest BCUT2D eigenvalue weighted by molar-refractivity contribution is -0.122. The zero-order valence-electron chi connectivity index (χ0n) is 17.3. The molecular formula is C22H23N7O3. The second-order valence-corrected chi connectivity index (χ2v) is 8.48. The Labute approximate surface area is 184 Å². The van der Waals surface area contributed by atoms with E-state index in [1.807, 2.05) is 12.2 Å². The Bertz CT molecular complexity index is 1120. The number of anilines is 1. The van der Waals surface area contributed by atoms with E-state index in [0.717, 1.165) is 43.6 Å². The monoisotopic (exact) mass is 433 g/mol. The van der Waals surface area contributed by atoms with Gasteiger partial charge in [0, 0.05) is 30.9 Å². The first-order chi connectivity index (χ1) is 15.7. The molecule has 2 aromatic rings. The van der Waals surface area contributed by atoms with Crippen LogP contribution in [0.2, 0.25) is 0 Å². The lowest BCUT2D eigenvalue weighted by Crippen LogP contribution is -2.56. The molecule has 0 aromatic carbocycles. The number of allylic oxidation sites excluding steroid dienone is 1. The summed E-state index contributed by atoms with van der Waals surface area (Å²) in [4.78, 5) is 38.2. The summed E-state index contributed by atoms with van der Waals surface area (Å²) in [6, 6.07) is 3.06. The van der Waals surface area contributed by atoms with Gasteiger partial charge in [-0.1, -0.05) is 6.08 Å². The maximum absolute atomic E-state index is 13.4. The van der Waals surface area contributed by atoms with E-state index >= 15 is 0 Å². The normalized spacial score (nSPS) is 23.6. The third-order valence-electron chi connectivity index (χ3n) is 6.23. The number of nitrogens with zero attached hydrogens (tertiary/aromatic N) is 4. The Morgan fingerprint density at radius 3 is 2.97 bits per heavy atom. The zero-order chi connectivity index (χ0) is 21.7. The van der Waals surface area contributed by atoms with Crippen molar-refractivity contribution in [2.75, 3.05) is 18.4 Å². The second kappa shape index (κ2) is 7.40. The summed E-state index contributed by atoms with van der Waals surface area (Å²) >= 11 is 0. The molecule has 1 saturated heterocycles. The predicted molar refractivity (Wildman–Crippen MR) is 115 cm³/mol. The average molecular weight is 433 g/mol. The molecule has 0 radical (unpaired) electrons. The lowest BCUT2D eigenvalue weighted by atomic mass is 10.1. The third kappa shape index (κ3) is 3.37. The Morgan fingerprint density at radius 1 is 1.25 bits per heavy atom. The molecule has 1 unspecified atom stereocenters. The Morgan fingerprint density at radius 2 is 2.16 bits per heavy atom. The molecule has 1 aliphatic carbocycles. The van der Waals surface area contributed by atoms with Gasteiger partial charge in [-0.3, -0.25) is 15.0 Å². The topological polar surface area (TPSA) is 116 Å². The summed E-state index contributed by atoms with van der Waals surface area (Å²) in [5.41, 5.74) is 1.71. The van der Waals surface area contributed by atoms with Crippen LogP contribution in [0.5, 0.6) is 0 Å². The largest absolute Gasteiger partial charge is 0.444 e.